The first-order valence-electron chi connectivity index (χ1n) is 13.9. The van der Waals surface area contributed by atoms with E-state index in [-0.39, 0.29) is 28.8 Å². The van der Waals surface area contributed by atoms with Gasteiger partial charge in [0.25, 0.3) is 11.8 Å². The number of aromatic nitrogens is 3. The van der Waals surface area contributed by atoms with Crippen molar-refractivity contribution in [3.63, 3.8) is 0 Å². The largest absolute Gasteiger partial charge is 0.493 e. The number of likely N-dealkylation sites (tertiary alicyclic amines) is 1. The molecule has 1 N–H and O–H groups in total. The van der Waals surface area contributed by atoms with Crippen LogP contribution >= 0.6 is 0 Å². The van der Waals surface area contributed by atoms with Crippen LogP contribution in [-0.4, -0.2) is 81.6 Å². The lowest BCUT2D eigenvalue weighted by molar-refractivity contribution is -0.133. The molecule has 1 saturated heterocycles. The van der Waals surface area contributed by atoms with Gasteiger partial charge in [0.2, 0.25) is 5.91 Å². The Balaban J connectivity index is 1.30. The highest BCUT2D eigenvalue weighted by Gasteiger charge is 2.37. The molecule has 4 heterocycles. The maximum absolute atomic E-state index is 13.2. The van der Waals surface area contributed by atoms with E-state index < -0.39 is 0 Å². The molecule has 212 valence electrons. The first-order chi connectivity index (χ1) is 19.4. The maximum atomic E-state index is 13.2. The molecule has 1 spiro atoms. The standard InChI is InChI=1S/C29H36N6O5/c1-33-22(9-13-32-33)7-8-26(36)34-15-10-29(11-16-34)12-17-35(28(38)24-19-39-21-31-24)14-4-18-40-25-6-3-2-5-23(25)27(37)30-20-29/h2-3,5-6,9,13,19,21H,4,7-8,10-12,14-18,20H2,1H3,(H,30,37). The Morgan fingerprint density at radius 2 is 1.82 bits per heavy atom. The van der Waals surface area contributed by atoms with Gasteiger partial charge in [0.1, 0.15) is 12.0 Å². The molecule has 0 unspecified atom stereocenters. The minimum absolute atomic E-state index is 0.124. The number of hydrogen-bond donors (Lipinski definition) is 1. The van der Waals surface area contributed by atoms with Crippen molar-refractivity contribution in [2.45, 2.75) is 38.5 Å². The predicted octanol–water partition coefficient (Wildman–Crippen LogP) is 2.69. The molecule has 5 rings (SSSR count). The van der Waals surface area contributed by atoms with Crippen LogP contribution in [0.1, 0.15) is 58.6 Å². The number of hydrogen-bond acceptors (Lipinski definition) is 7. The Labute approximate surface area is 233 Å². The molecule has 1 fully saturated rings. The fourth-order valence-corrected chi connectivity index (χ4v) is 5.53. The number of carbonyl (C=O) groups is 3. The Hall–Kier alpha value is -4.15. The van der Waals surface area contributed by atoms with E-state index >= 15 is 0 Å². The molecule has 11 nitrogen and oxygen atoms in total. The van der Waals surface area contributed by atoms with Crippen LogP contribution in [0, 0.1) is 5.41 Å². The van der Waals surface area contributed by atoms with Crippen molar-refractivity contribution in [2.24, 2.45) is 12.5 Å². The number of carbonyl (C=O) groups excluding carboxylic acids is 3. The number of aryl methyl sites for hydroxylation is 2. The summed E-state index contributed by atoms with van der Waals surface area (Å²) < 4.78 is 12.8. The second kappa shape index (κ2) is 12.4. The summed E-state index contributed by atoms with van der Waals surface area (Å²) in [5, 5.41) is 7.32. The van der Waals surface area contributed by atoms with Crippen LogP contribution in [0.15, 0.2) is 53.6 Å². The zero-order chi connectivity index (χ0) is 28.0. The van der Waals surface area contributed by atoms with Crippen molar-refractivity contribution in [3.8, 4) is 5.75 Å². The first-order valence-corrected chi connectivity index (χ1v) is 13.9. The quantitative estimate of drug-likeness (QED) is 0.532. The zero-order valence-corrected chi connectivity index (χ0v) is 22.9. The summed E-state index contributed by atoms with van der Waals surface area (Å²) in [4.78, 5) is 47.2. The summed E-state index contributed by atoms with van der Waals surface area (Å²) in [6.07, 6.45) is 8.19. The van der Waals surface area contributed by atoms with Gasteiger partial charge in [0.05, 0.1) is 12.2 Å². The highest BCUT2D eigenvalue weighted by Crippen LogP contribution is 2.36. The van der Waals surface area contributed by atoms with Crippen LogP contribution < -0.4 is 10.1 Å². The van der Waals surface area contributed by atoms with Gasteiger partial charge in [-0.25, -0.2) is 4.98 Å². The number of amides is 3. The normalized spacial score (nSPS) is 18.1. The van der Waals surface area contributed by atoms with Crippen LogP contribution in [0.25, 0.3) is 0 Å². The summed E-state index contributed by atoms with van der Waals surface area (Å²) >= 11 is 0. The highest BCUT2D eigenvalue weighted by atomic mass is 16.5. The van der Waals surface area contributed by atoms with E-state index in [1.165, 1.54) is 12.7 Å². The second-order valence-electron chi connectivity index (χ2n) is 10.6. The Bertz CT molecular complexity index is 1310. The minimum atomic E-state index is -0.263. The van der Waals surface area contributed by atoms with Gasteiger partial charge in [0.15, 0.2) is 12.1 Å². The Morgan fingerprint density at radius 1 is 1.05 bits per heavy atom. The molecule has 3 aromatic rings. The molecule has 11 heteroatoms. The van der Waals surface area contributed by atoms with Gasteiger partial charge in [-0.1, -0.05) is 12.1 Å². The smallest absolute Gasteiger partial charge is 0.275 e. The van der Waals surface area contributed by atoms with E-state index in [2.05, 4.69) is 15.4 Å². The molecule has 0 radical (unpaired) electrons. The molecular formula is C29H36N6O5. The zero-order valence-electron chi connectivity index (χ0n) is 22.9. The summed E-state index contributed by atoms with van der Waals surface area (Å²) in [6, 6.07) is 9.15. The molecule has 0 bridgehead atoms. The highest BCUT2D eigenvalue weighted by molar-refractivity contribution is 5.97. The van der Waals surface area contributed by atoms with Crippen molar-refractivity contribution < 1.29 is 23.5 Å². The molecule has 3 amide bonds. The SMILES string of the molecule is Cn1nccc1CCC(=O)N1CCC2(CC1)CCN(C(=O)c1cocn1)CCCOc1ccccc1C(=O)NC2. The third-order valence-electron chi connectivity index (χ3n) is 8.13. The van der Waals surface area contributed by atoms with Gasteiger partial charge in [-0.15, -0.1) is 0 Å². The topological polar surface area (TPSA) is 123 Å². The molecule has 40 heavy (non-hydrogen) atoms. The summed E-state index contributed by atoms with van der Waals surface area (Å²) in [5.41, 5.74) is 1.53. The van der Waals surface area contributed by atoms with Crippen molar-refractivity contribution in [2.75, 3.05) is 39.3 Å². The van der Waals surface area contributed by atoms with Gasteiger partial charge < -0.3 is 24.3 Å². The van der Waals surface area contributed by atoms with Crippen molar-refractivity contribution in [1.82, 2.24) is 29.9 Å². The molecule has 2 aliphatic rings. The van der Waals surface area contributed by atoms with Crippen molar-refractivity contribution in [1.29, 1.82) is 0 Å². The lowest BCUT2D eigenvalue weighted by Crippen LogP contribution is -2.49. The van der Waals surface area contributed by atoms with Crippen LogP contribution in [0.2, 0.25) is 0 Å². The monoisotopic (exact) mass is 548 g/mol. The average molecular weight is 549 g/mol. The molecule has 2 aromatic heterocycles. The van der Waals surface area contributed by atoms with E-state index in [0.29, 0.717) is 76.3 Å². The average Bonchev–Trinajstić information content (AvgIpc) is 3.66. The van der Waals surface area contributed by atoms with E-state index in [4.69, 9.17) is 9.15 Å². The van der Waals surface area contributed by atoms with Crippen LogP contribution in [0.4, 0.5) is 0 Å². The third-order valence-corrected chi connectivity index (χ3v) is 8.13. The molecule has 2 aliphatic heterocycles. The number of nitrogens with one attached hydrogen (secondary N) is 1. The first kappa shape index (κ1) is 27.4. The minimum Gasteiger partial charge on any atom is -0.493 e. The van der Waals surface area contributed by atoms with Gasteiger partial charge in [-0.2, -0.15) is 5.10 Å². The third kappa shape index (κ3) is 6.35. The Morgan fingerprint density at radius 3 is 2.55 bits per heavy atom. The number of nitrogens with zero attached hydrogens (tertiary/aromatic N) is 5. The maximum Gasteiger partial charge on any atom is 0.275 e. The number of ether oxygens (including phenoxy) is 1. The van der Waals surface area contributed by atoms with Crippen molar-refractivity contribution >= 4 is 17.7 Å². The number of rotatable bonds is 4. The Kier molecular flexibility index (Phi) is 8.47. The van der Waals surface area contributed by atoms with Crippen molar-refractivity contribution in [3.05, 3.63) is 66.1 Å². The van der Waals surface area contributed by atoms with Gasteiger partial charge >= 0.3 is 0 Å². The summed E-state index contributed by atoms with van der Waals surface area (Å²) in [7, 11) is 1.88. The summed E-state index contributed by atoms with van der Waals surface area (Å²) in [5.74, 6) is 0.278. The number of benzene rings is 1. The van der Waals surface area contributed by atoms with E-state index in [0.717, 1.165) is 18.5 Å². The predicted molar refractivity (Wildman–Crippen MR) is 146 cm³/mol. The molecule has 1 aromatic carbocycles. The van der Waals surface area contributed by atoms with E-state index in [1.54, 1.807) is 27.9 Å². The number of fused-ring (bicyclic) bond motifs is 1. The molecular weight excluding hydrogens is 512 g/mol. The van der Waals surface area contributed by atoms with E-state index in [1.807, 2.05) is 30.1 Å². The fraction of sp³-hybridized carbons (Fsp3) is 0.483. The molecule has 0 atom stereocenters. The van der Waals surface area contributed by atoms with Gasteiger partial charge in [-0.3, -0.25) is 19.1 Å². The van der Waals surface area contributed by atoms with Crippen LogP contribution in [0.3, 0.4) is 0 Å². The van der Waals surface area contributed by atoms with Crippen LogP contribution in [-0.2, 0) is 18.3 Å². The summed E-state index contributed by atoms with van der Waals surface area (Å²) in [6.45, 7) is 3.03. The number of para-hydroxylation sites is 1. The van der Waals surface area contributed by atoms with Crippen LogP contribution in [0.5, 0.6) is 5.75 Å². The van der Waals surface area contributed by atoms with Gasteiger partial charge in [0, 0.05) is 58.1 Å². The molecule has 0 saturated carbocycles. The lowest BCUT2D eigenvalue weighted by atomic mass is 9.75. The fourth-order valence-electron chi connectivity index (χ4n) is 5.53. The number of oxazole rings is 1. The lowest BCUT2D eigenvalue weighted by Gasteiger charge is -2.43. The van der Waals surface area contributed by atoms with Gasteiger partial charge in [-0.05, 0) is 55.7 Å². The van der Waals surface area contributed by atoms with E-state index in [9.17, 15) is 14.4 Å². The molecule has 0 aliphatic carbocycles. The second-order valence-corrected chi connectivity index (χ2v) is 10.6. The number of piperidine rings is 1.